The minimum atomic E-state index is -0.595. The van der Waals surface area contributed by atoms with Crippen LogP contribution in [0.1, 0.15) is 36.7 Å². The van der Waals surface area contributed by atoms with E-state index >= 15 is 0 Å². The highest BCUT2D eigenvalue weighted by Crippen LogP contribution is 2.24. The van der Waals surface area contributed by atoms with E-state index in [4.69, 9.17) is 23.2 Å². The van der Waals surface area contributed by atoms with Gasteiger partial charge in [0.15, 0.2) is 5.78 Å². The first-order valence-corrected chi connectivity index (χ1v) is 10.1. The van der Waals surface area contributed by atoms with E-state index in [0.717, 1.165) is 5.56 Å². The third-order valence-electron chi connectivity index (χ3n) is 4.36. The van der Waals surface area contributed by atoms with Crippen molar-refractivity contribution in [3.63, 3.8) is 0 Å². The summed E-state index contributed by atoms with van der Waals surface area (Å²) in [6.45, 7) is 5.15. The van der Waals surface area contributed by atoms with Gasteiger partial charge >= 0.3 is 0 Å². The molecule has 0 saturated carbocycles. The van der Waals surface area contributed by atoms with Crippen molar-refractivity contribution in [2.24, 2.45) is 5.41 Å². The SMILES string of the molecule is CN(C(=O)CNC(=O)C(C)(C)C)c1ccccc1C(=O)C=Cc1ccc(Cl)c(Cl)c1. The van der Waals surface area contributed by atoms with Gasteiger partial charge in [0.05, 0.1) is 22.3 Å². The van der Waals surface area contributed by atoms with Gasteiger partial charge in [0, 0.05) is 18.0 Å². The van der Waals surface area contributed by atoms with Crippen molar-refractivity contribution in [1.29, 1.82) is 0 Å². The van der Waals surface area contributed by atoms with Gasteiger partial charge in [-0.25, -0.2) is 0 Å². The average molecular weight is 447 g/mol. The van der Waals surface area contributed by atoms with E-state index in [9.17, 15) is 14.4 Å². The molecule has 0 saturated heterocycles. The van der Waals surface area contributed by atoms with E-state index in [1.54, 1.807) is 76.4 Å². The van der Waals surface area contributed by atoms with Crippen LogP contribution in [0, 0.1) is 5.41 Å². The summed E-state index contributed by atoms with van der Waals surface area (Å²) < 4.78 is 0. The largest absolute Gasteiger partial charge is 0.347 e. The Bertz CT molecular complexity index is 994. The van der Waals surface area contributed by atoms with Crippen LogP contribution in [0.2, 0.25) is 10.0 Å². The summed E-state index contributed by atoms with van der Waals surface area (Å²) in [4.78, 5) is 38.7. The number of hydrogen-bond acceptors (Lipinski definition) is 3. The number of carbonyl (C=O) groups excluding carboxylic acids is 3. The van der Waals surface area contributed by atoms with Crippen LogP contribution in [-0.4, -0.2) is 31.2 Å². The molecular formula is C23H24Cl2N2O3. The molecule has 2 amide bonds. The number of nitrogens with one attached hydrogen (secondary N) is 1. The predicted molar refractivity (Wildman–Crippen MR) is 122 cm³/mol. The number of ketones is 1. The Morgan fingerprint density at radius 3 is 2.33 bits per heavy atom. The molecule has 0 unspecified atom stereocenters. The van der Waals surface area contributed by atoms with Crippen LogP contribution in [-0.2, 0) is 9.59 Å². The van der Waals surface area contributed by atoms with Gasteiger partial charge in [-0.3, -0.25) is 14.4 Å². The first kappa shape index (κ1) is 23.6. The summed E-state index contributed by atoms with van der Waals surface area (Å²) in [5, 5.41) is 3.46. The maximum Gasteiger partial charge on any atom is 0.246 e. The molecule has 158 valence electrons. The van der Waals surface area contributed by atoms with Crippen LogP contribution >= 0.6 is 23.2 Å². The van der Waals surface area contributed by atoms with Gasteiger partial charge in [0.25, 0.3) is 0 Å². The zero-order chi connectivity index (χ0) is 22.5. The second kappa shape index (κ2) is 9.92. The summed E-state index contributed by atoms with van der Waals surface area (Å²) in [6, 6.07) is 11.9. The van der Waals surface area contributed by atoms with E-state index in [1.807, 2.05) is 0 Å². The lowest BCUT2D eigenvalue weighted by molar-refractivity contribution is -0.130. The van der Waals surface area contributed by atoms with E-state index in [0.29, 0.717) is 21.3 Å². The van der Waals surface area contributed by atoms with Gasteiger partial charge in [-0.05, 0) is 35.9 Å². The highest BCUT2D eigenvalue weighted by atomic mass is 35.5. The third kappa shape index (κ3) is 6.18. The van der Waals surface area contributed by atoms with Crippen LogP contribution in [0.5, 0.6) is 0 Å². The lowest BCUT2D eigenvalue weighted by Crippen LogP contribution is -2.42. The van der Waals surface area contributed by atoms with Crippen molar-refractivity contribution in [3.05, 3.63) is 69.7 Å². The zero-order valence-corrected chi connectivity index (χ0v) is 18.8. The van der Waals surface area contributed by atoms with Crippen molar-refractivity contribution in [3.8, 4) is 0 Å². The molecule has 2 rings (SSSR count). The highest BCUT2D eigenvalue weighted by molar-refractivity contribution is 6.42. The molecule has 0 aliphatic heterocycles. The molecule has 5 nitrogen and oxygen atoms in total. The number of anilines is 1. The van der Waals surface area contributed by atoms with Gasteiger partial charge in [0.2, 0.25) is 11.8 Å². The number of hydrogen-bond donors (Lipinski definition) is 1. The van der Waals surface area contributed by atoms with Gasteiger partial charge < -0.3 is 10.2 Å². The minimum absolute atomic E-state index is 0.158. The molecule has 0 atom stereocenters. The van der Waals surface area contributed by atoms with E-state index < -0.39 is 5.41 Å². The Balaban J connectivity index is 2.16. The number of benzene rings is 2. The molecule has 0 spiro atoms. The highest BCUT2D eigenvalue weighted by Gasteiger charge is 2.23. The number of carbonyl (C=O) groups is 3. The molecule has 0 bridgehead atoms. The topological polar surface area (TPSA) is 66.5 Å². The normalized spacial score (nSPS) is 11.4. The molecule has 2 aromatic carbocycles. The fourth-order valence-electron chi connectivity index (χ4n) is 2.53. The van der Waals surface area contributed by atoms with Crippen molar-refractivity contribution < 1.29 is 14.4 Å². The summed E-state index contributed by atoms with van der Waals surface area (Å²) in [5.41, 5.74) is 0.954. The standard InChI is InChI=1S/C23H24Cl2N2O3/c1-23(2,3)22(30)26-14-21(29)27(4)19-8-6-5-7-16(19)20(28)12-10-15-9-11-17(24)18(25)13-15/h5-13H,14H2,1-4H3,(H,26,30). The molecule has 2 aromatic rings. The maximum atomic E-state index is 12.8. The van der Waals surface area contributed by atoms with Gasteiger partial charge in [-0.2, -0.15) is 0 Å². The molecular weight excluding hydrogens is 423 g/mol. The minimum Gasteiger partial charge on any atom is -0.347 e. The Kier molecular flexibility index (Phi) is 7.82. The number of likely N-dealkylation sites (N-methyl/N-ethyl adjacent to an activating group) is 1. The number of allylic oxidation sites excluding steroid dienone is 1. The van der Waals surface area contributed by atoms with Crippen LogP contribution in [0.15, 0.2) is 48.5 Å². The molecule has 0 aliphatic carbocycles. The Hall–Kier alpha value is -2.63. The lowest BCUT2D eigenvalue weighted by atomic mass is 9.96. The zero-order valence-electron chi connectivity index (χ0n) is 17.3. The Morgan fingerprint density at radius 2 is 1.70 bits per heavy atom. The van der Waals surface area contributed by atoms with E-state index in [-0.39, 0.29) is 24.1 Å². The maximum absolute atomic E-state index is 12.8. The van der Waals surface area contributed by atoms with Crippen molar-refractivity contribution in [1.82, 2.24) is 5.32 Å². The monoisotopic (exact) mass is 446 g/mol. The van der Waals surface area contributed by atoms with Crippen LogP contribution in [0.3, 0.4) is 0 Å². The van der Waals surface area contributed by atoms with Gasteiger partial charge in [0.1, 0.15) is 0 Å². The first-order chi connectivity index (χ1) is 14.0. The van der Waals surface area contributed by atoms with Crippen molar-refractivity contribution >= 4 is 52.6 Å². The fourth-order valence-corrected chi connectivity index (χ4v) is 2.83. The number of para-hydroxylation sites is 1. The summed E-state index contributed by atoms with van der Waals surface area (Å²) in [5.74, 6) is -0.825. The molecule has 7 heteroatoms. The summed E-state index contributed by atoms with van der Waals surface area (Å²) in [6.07, 6.45) is 3.05. The Labute approximate surface area is 186 Å². The Morgan fingerprint density at radius 1 is 1.03 bits per heavy atom. The second-order valence-corrected chi connectivity index (χ2v) is 8.59. The number of rotatable bonds is 6. The molecule has 0 heterocycles. The number of amides is 2. The van der Waals surface area contributed by atoms with Gasteiger partial charge in [-0.15, -0.1) is 0 Å². The van der Waals surface area contributed by atoms with Crippen LogP contribution < -0.4 is 10.2 Å². The summed E-state index contributed by atoms with van der Waals surface area (Å²) >= 11 is 11.9. The fraction of sp³-hybridized carbons (Fsp3) is 0.261. The third-order valence-corrected chi connectivity index (χ3v) is 5.10. The quantitative estimate of drug-likeness (QED) is 0.500. The molecule has 1 N–H and O–H groups in total. The van der Waals surface area contributed by atoms with Crippen LogP contribution in [0.4, 0.5) is 5.69 Å². The smallest absolute Gasteiger partial charge is 0.246 e. The van der Waals surface area contributed by atoms with E-state index in [1.165, 1.54) is 11.0 Å². The van der Waals surface area contributed by atoms with Gasteiger partial charge in [-0.1, -0.05) is 68.2 Å². The number of nitrogens with zero attached hydrogens (tertiary/aromatic N) is 1. The molecule has 0 aromatic heterocycles. The second-order valence-electron chi connectivity index (χ2n) is 7.77. The predicted octanol–water partition coefficient (Wildman–Crippen LogP) is 5.01. The molecule has 0 aliphatic rings. The van der Waals surface area contributed by atoms with Crippen molar-refractivity contribution in [2.75, 3.05) is 18.5 Å². The van der Waals surface area contributed by atoms with Crippen LogP contribution in [0.25, 0.3) is 6.08 Å². The first-order valence-electron chi connectivity index (χ1n) is 9.32. The molecule has 0 radical (unpaired) electrons. The van der Waals surface area contributed by atoms with Crippen molar-refractivity contribution in [2.45, 2.75) is 20.8 Å². The summed E-state index contributed by atoms with van der Waals surface area (Å²) in [7, 11) is 1.57. The lowest BCUT2D eigenvalue weighted by Gasteiger charge is -2.22. The molecule has 0 fully saturated rings. The van der Waals surface area contributed by atoms with E-state index in [2.05, 4.69) is 5.32 Å². The molecule has 30 heavy (non-hydrogen) atoms. The average Bonchev–Trinajstić information content (AvgIpc) is 2.71. The number of halogens is 2.